The minimum atomic E-state index is -1.09. The van der Waals surface area contributed by atoms with Crippen LogP contribution in [0.25, 0.3) is 0 Å². The number of hydrogen-bond donors (Lipinski definition) is 1. The molecule has 1 heterocycles. The largest absolute Gasteiger partial charge is 0.311 e. The summed E-state index contributed by atoms with van der Waals surface area (Å²) >= 11 is 0. The van der Waals surface area contributed by atoms with Gasteiger partial charge in [-0.15, -0.1) is 0 Å². The third kappa shape index (κ3) is 2.17. The molecule has 2 unspecified atom stereocenters. The summed E-state index contributed by atoms with van der Waals surface area (Å²) in [6, 6.07) is 4.16. The van der Waals surface area contributed by atoms with E-state index in [0.717, 1.165) is 24.9 Å². The van der Waals surface area contributed by atoms with Crippen molar-refractivity contribution in [3.05, 3.63) is 35.1 Å². The Labute approximate surface area is 88.5 Å². The highest BCUT2D eigenvalue weighted by Gasteiger charge is 2.26. The molecule has 0 aromatic heterocycles. The van der Waals surface area contributed by atoms with Gasteiger partial charge in [0.2, 0.25) is 0 Å². The lowest BCUT2D eigenvalue weighted by molar-refractivity contribution is 0.269. The molecular formula is C12H15F2N. The van der Waals surface area contributed by atoms with Gasteiger partial charge in [-0.25, -0.2) is 8.78 Å². The van der Waals surface area contributed by atoms with Gasteiger partial charge in [0, 0.05) is 6.04 Å². The Hall–Kier alpha value is -0.960. The summed E-state index contributed by atoms with van der Waals surface area (Å²) in [5.41, 5.74) is 1.30. The van der Waals surface area contributed by atoms with Gasteiger partial charge < -0.3 is 5.32 Å². The smallest absolute Gasteiger partial charge is 0.141 e. The van der Waals surface area contributed by atoms with Crippen molar-refractivity contribution >= 4 is 0 Å². The number of benzene rings is 1. The maximum Gasteiger partial charge on any atom is 0.141 e. The van der Waals surface area contributed by atoms with E-state index in [1.807, 2.05) is 6.92 Å². The SMILES string of the molecule is Cc1ccc(F)cc1C(F)C1CCCN1. The van der Waals surface area contributed by atoms with Crippen molar-refractivity contribution in [2.45, 2.75) is 32.0 Å². The van der Waals surface area contributed by atoms with Crippen LogP contribution in [0.3, 0.4) is 0 Å². The summed E-state index contributed by atoms with van der Waals surface area (Å²) < 4.78 is 27.1. The summed E-state index contributed by atoms with van der Waals surface area (Å²) in [5, 5.41) is 3.10. The van der Waals surface area contributed by atoms with E-state index in [1.165, 1.54) is 12.1 Å². The first kappa shape index (κ1) is 10.6. The minimum absolute atomic E-state index is 0.148. The molecule has 1 aromatic rings. The van der Waals surface area contributed by atoms with Crippen LogP contribution in [0.4, 0.5) is 8.78 Å². The van der Waals surface area contributed by atoms with E-state index in [-0.39, 0.29) is 11.9 Å². The van der Waals surface area contributed by atoms with Crippen LogP contribution < -0.4 is 5.32 Å². The van der Waals surface area contributed by atoms with Gasteiger partial charge in [0.15, 0.2) is 0 Å². The number of alkyl halides is 1. The topological polar surface area (TPSA) is 12.0 Å². The van der Waals surface area contributed by atoms with Crippen LogP contribution in [-0.2, 0) is 0 Å². The van der Waals surface area contributed by atoms with Crippen LogP contribution in [0.5, 0.6) is 0 Å². The average molecular weight is 211 g/mol. The maximum absolute atomic E-state index is 14.1. The van der Waals surface area contributed by atoms with Crippen molar-refractivity contribution in [2.24, 2.45) is 0 Å². The van der Waals surface area contributed by atoms with Crippen LogP contribution in [0.2, 0.25) is 0 Å². The fourth-order valence-electron chi connectivity index (χ4n) is 2.09. The van der Waals surface area contributed by atoms with Crippen molar-refractivity contribution in [1.82, 2.24) is 5.32 Å². The number of hydrogen-bond acceptors (Lipinski definition) is 1. The molecule has 1 saturated heterocycles. The Morgan fingerprint density at radius 1 is 1.47 bits per heavy atom. The van der Waals surface area contributed by atoms with Crippen molar-refractivity contribution < 1.29 is 8.78 Å². The number of rotatable bonds is 2. The van der Waals surface area contributed by atoms with Crippen LogP contribution in [-0.4, -0.2) is 12.6 Å². The Kier molecular flexibility index (Phi) is 3.00. The Morgan fingerprint density at radius 2 is 2.27 bits per heavy atom. The number of aryl methyl sites for hydroxylation is 1. The predicted octanol–water partition coefficient (Wildman–Crippen LogP) is 2.90. The van der Waals surface area contributed by atoms with E-state index in [9.17, 15) is 8.78 Å². The average Bonchev–Trinajstić information content (AvgIpc) is 2.74. The second-order valence-electron chi connectivity index (χ2n) is 4.11. The molecule has 2 rings (SSSR count). The van der Waals surface area contributed by atoms with E-state index < -0.39 is 6.17 Å². The normalized spacial score (nSPS) is 23.0. The van der Waals surface area contributed by atoms with Crippen LogP contribution in [0, 0.1) is 12.7 Å². The van der Waals surface area contributed by atoms with E-state index in [1.54, 1.807) is 6.07 Å². The Balaban J connectivity index is 2.23. The van der Waals surface area contributed by atoms with Gasteiger partial charge in [0.1, 0.15) is 12.0 Å². The lowest BCUT2D eigenvalue weighted by Crippen LogP contribution is -2.26. The van der Waals surface area contributed by atoms with Crippen molar-refractivity contribution in [3.8, 4) is 0 Å². The zero-order valence-corrected chi connectivity index (χ0v) is 8.76. The highest BCUT2D eigenvalue weighted by molar-refractivity contribution is 5.29. The monoisotopic (exact) mass is 211 g/mol. The summed E-state index contributed by atoms with van der Waals surface area (Å²) in [6.45, 7) is 2.68. The molecule has 0 radical (unpaired) electrons. The Morgan fingerprint density at radius 3 is 2.93 bits per heavy atom. The Bertz CT molecular complexity index is 345. The second kappa shape index (κ2) is 4.27. The molecule has 15 heavy (non-hydrogen) atoms. The summed E-state index contributed by atoms with van der Waals surface area (Å²) in [4.78, 5) is 0. The van der Waals surface area contributed by atoms with E-state index in [4.69, 9.17) is 0 Å². The first-order valence-corrected chi connectivity index (χ1v) is 5.32. The van der Waals surface area contributed by atoms with Gasteiger partial charge in [0.05, 0.1) is 0 Å². The van der Waals surface area contributed by atoms with Crippen molar-refractivity contribution in [1.29, 1.82) is 0 Å². The van der Waals surface area contributed by atoms with Crippen LogP contribution >= 0.6 is 0 Å². The molecule has 0 saturated carbocycles. The van der Waals surface area contributed by atoms with Crippen molar-refractivity contribution in [2.75, 3.05) is 6.54 Å². The molecule has 0 spiro atoms. The maximum atomic E-state index is 14.1. The zero-order chi connectivity index (χ0) is 10.8. The molecule has 0 bridgehead atoms. The van der Waals surface area contributed by atoms with E-state index >= 15 is 0 Å². The summed E-state index contributed by atoms with van der Waals surface area (Å²) in [5.74, 6) is -0.365. The first-order valence-electron chi connectivity index (χ1n) is 5.32. The molecule has 3 heteroatoms. The number of halogens is 2. The number of nitrogens with one attached hydrogen (secondary N) is 1. The summed E-state index contributed by atoms with van der Waals surface area (Å²) in [7, 11) is 0. The van der Waals surface area contributed by atoms with Gasteiger partial charge in [-0.1, -0.05) is 6.07 Å². The predicted molar refractivity (Wildman–Crippen MR) is 56.0 cm³/mol. The quantitative estimate of drug-likeness (QED) is 0.793. The van der Waals surface area contributed by atoms with Gasteiger partial charge in [-0.05, 0) is 49.6 Å². The molecule has 1 aliphatic rings. The molecule has 82 valence electrons. The van der Waals surface area contributed by atoms with Gasteiger partial charge in [0.25, 0.3) is 0 Å². The first-order chi connectivity index (χ1) is 7.18. The molecule has 2 atom stereocenters. The van der Waals surface area contributed by atoms with Gasteiger partial charge >= 0.3 is 0 Å². The lowest BCUT2D eigenvalue weighted by Gasteiger charge is -2.18. The van der Waals surface area contributed by atoms with Crippen LogP contribution in [0.1, 0.15) is 30.1 Å². The van der Waals surface area contributed by atoms with Gasteiger partial charge in [-0.3, -0.25) is 0 Å². The zero-order valence-electron chi connectivity index (χ0n) is 8.76. The molecule has 1 aromatic carbocycles. The molecule has 0 amide bonds. The highest BCUT2D eigenvalue weighted by atomic mass is 19.1. The highest BCUT2D eigenvalue weighted by Crippen LogP contribution is 2.29. The van der Waals surface area contributed by atoms with E-state index in [0.29, 0.717) is 5.56 Å². The fourth-order valence-corrected chi connectivity index (χ4v) is 2.09. The van der Waals surface area contributed by atoms with Gasteiger partial charge in [-0.2, -0.15) is 0 Å². The molecule has 1 fully saturated rings. The molecule has 1 N–H and O–H groups in total. The summed E-state index contributed by atoms with van der Waals surface area (Å²) in [6.07, 6.45) is 0.736. The second-order valence-corrected chi connectivity index (χ2v) is 4.11. The fraction of sp³-hybridized carbons (Fsp3) is 0.500. The van der Waals surface area contributed by atoms with Crippen molar-refractivity contribution in [3.63, 3.8) is 0 Å². The lowest BCUT2D eigenvalue weighted by atomic mass is 9.98. The third-order valence-corrected chi connectivity index (χ3v) is 2.99. The standard InChI is InChI=1S/C12H15F2N/c1-8-4-5-9(13)7-10(8)12(14)11-3-2-6-15-11/h4-5,7,11-12,15H,2-3,6H2,1H3. The molecule has 1 aliphatic heterocycles. The molecule has 0 aliphatic carbocycles. The molecule has 1 nitrogen and oxygen atoms in total. The third-order valence-electron chi connectivity index (χ3n) is 2.99. The van der Waals surface area contributed by atoms with Crippen LogP contribution in [0.15, 0.2) is 18.2 Å². The minimum Gasteiger partial charge on any atom is -0.311 e. The molecular weight excluding hydrogens is 196 g/mol. The van der Waals surface area contributed by atoms with E-state index in [2.05, 4.69) is 5.32 Å².